The maximum atomic E-state index is 5.73. The quantitative estimate of drug-likeness (QED) is 0.632. The molecule has 0 amide bonds. The fourth-order valence-corrected chi connectivity index (χ4v) is 3.88. The van der Waals surface area contributed by atoms with Gasteiger partial charge in [-0.2, -0.15) is 0 Å². The van der Waals surface area contributed by atoms with Crippen LogP contribution in [0.1, 0.15) is 34.4 Å². The molecular formula is C18H16N2O2. The Balaban J connectivity index is 1.76. The highest BCUT2D eigenvalue weighted by atomic mass is 16.4. The summed E-state index contributed by atoms with van der Waals surface area (Å²) in [6.07, 6.45) is 3.91. The van der Waals surface area contributed by atoms with Gasteiger partial charge in [0.25, 0.3) is 0 Å². The van der Waals surface area contributed by atoms with Gasteiger partial charge in [-0.05, 0) is 24.0 Å². The average molecular weight is 292 g/mol. The maximum absolute atomic E-state index is 5.73. The minimum Gasteiger partial charge on any atom is -0.445 e. The molecule has 0 atom stereocenters. The molecule has 2 aliphatic carbocycles. The zero-order chi connectivity index (χ0) is 14.8. The first kappa shape index (κ1) is 12.2. The van der Waals surface area contributed by atoms with Crippen LogP contribution in [0.5, 0.6) is 0 Å². The second-order valence-electron chi connectivity index (χ2n) is 6.13. The molecule has 0 aliphatic heterocycles. The molecule has 0 radical (unpaired) electrons. The molecule has 0 spiro atoms. The van der Waals surface area contributed by atoms with Crippen LogP contribution in [0.25, 0.3) is 22.5 Å². The topological polar surface area (TPSA) is 52.1 Å². The molecule has 5 rings (SSSR count). The summed E-state index contributed by atoms with van der Waals surface area (Å²) >= 11 is 0. The smallest absolute Gasteiger partial charge is 0.191 e. The number of rotatable bonds is 0. The van der Waals surface area contributed by atoms with Gasteiger partial charge in [0.05, 0.1) is 0 Å². The van der Waals surface area contributed by atoms with Gasteiger partial charge < -0.3 is 8.83 Å². The van der Waals surface area contributed by atoms with E-state index in [0.29, 0.717) is 0 Å². The van der Waals surface area contributed by atoms with Crippen LogP contribution < -0.4 is 0 Å². The van der Waals surface area contributed by atoms with Crippen LogP contribution in [0.15, 0.2) is 21.0 Å². The zero-order valence-electron chi connectivity index (χ0n) is 12.7. The van der Waals surface area contributed by atoms with Crippen LogP contribution in [0.4, 0.5) is 0 Å². The highest BCUT2D eigenvalue weighted by Crippen LogP contribution is 2.42. The number of benzene rings is 1. The lowest BCUT2D eigenvalue weighted by Gasteiger charge is -2.23. The molecule has 0 N–H and O–H groups in total. The number of oxazole rings is 2. The van der Waals surface area contributed by atoms with Gasteiger partial charge in [-0.3, -0.25) is 0 Å². The van der Waals surface area contributed by atoms with Gasteiger partial charge in [-0.25, -0.2) is 9.97 Å². The summed E-state index contributed by atoms with van der Waals surface area (Å²) in [5, 5.41) is 0. The Bertz CT molecular complexity index is 842. The molecule has 2 aliphatic rings. The van der Waals surface area contributed by atoms with Crippen molar-refractivity contribution >= 4 is 0 Å². The number of nitrogens with zero attached hydrogens (tertiary/aromatic N) is 2. The van der Waals surface area contributed by atoms with Crippen LogP contribution in [-0.4, -0.2) is 9.97 Å². The second-order valence-corrected chi connectivity index (χ2v) is 6.13. The van der Waals surface area contributed by atoms with E-state index in [1.165, 1.54) is 22.3 Å². The summed E-state index contributed by atoms with van der Waals surface area (Å²) in [6, 6.07) is 4.35. The number of hydrogen-bond acceptors (Lipinski definition) is 4. The van der Waals surface area contributed by atoms with E-state index in [4.69, 9.17) is 8.83 Å². The van der Waals surface area contributed by atoms with Crippen LogP contribution in [-0.2, 0) is 25.7 Å². The number of hydrogen-bond donors (Lipinski definition) is 0. The lowest BCUT2D eigenvalue weighted by atomic mass is 9.81. The Hall–Kier alpha value is -2.36. The van der Waals surface area contributed by atoms with Gasteiger partial charge in [0.2, 0.25) is 0 Å². The molecule has 3 aromatic rings. The summed E-state index contributed by atoms with van der Waals surface area (Å²) in [6.45, 7) is 3.84. The Morgan fingerprint density at radius 1 is 0.727 bits per heavy atom. The molecule has 0 unspecified atom stereocenters. The number of aromatic nitrogens is 2. The molecular weight excluding hydrogens is 276 g/mol. The van der Waals surface area contributed by atoms with E-state index >= 15 is 0 Å². The van der Waals surface area contributed by atoms with Crippen molar-refractivity contribution in [2.45, 2.75) is 39.5 Å². The Kier molecular flexibility index (Phi) is 2.27. The predicted molar refractivity (Wildman–Crippen MR) is 81.7 cm³/mol. The van der Waals surface area contributed by atoms with Crippen molar-refractivity contribution in [2.75, 3.05) is 0 Å². The minimum atomic E-state index is 0.755. The van der Waals surface area contributed by atoms with Gasteiger partial charge in [-0.1, -0.05) is 12.1 Å². The fraction of sp³-hybridized carbons (Fsp3) is 0.333. The monoisotopic (exact) mass is 292 g/mol. The Labute approximate surface area is 128 Å². The summed E-state index contributed by atoms with van der Waals surface area (Å²) in [5.41, 5.74) is 7.38. The van der Waals surface area contributed by atoms with E-state index < -0.39 is 0 Å². The molecule has 22 heavy (non-hydrogen) atoms. The third-order valence-electron chi connectivity index (χ3n) is 4.75. The third-order valence-corrected chi connectivity index (χ3v) is 4.75. The molecule has 4 heteroatoms. The zero-order valence-corrected chi connectivity index (χ0v) is 12.7. The first-order valence-corrected chi connectivity index (χ1v) is 7.79. The van der Waals surface area contributed by atoms with E-state index in [9.17, 15) is 0 Å². The first-order chi connectivity index (χ1) is 10.7. The SMILES string of the molecule is Cc1nc2c(o1)CCc1c-2ccc2c1CCc1oc(C)nc1-2. The van der Waals surface area contributed by atoms with Crippen molar-refractivity contribution in [2.24, 2.45) is 0 Å². The van der Waals surface area contributed by atoms with E-state index in [2.05, 4.69) is 22.1 Å². The largest absolute Gasteiger partial charge is 0.445 e. The molecule has 0 saturated carbocycles. The van der Waals surface area contributed by atoms with Crippen molar-refractivity contribution in [3.05, 3.63) is 46.6 Å². The van der Waals surface area contributed by atoms with E-state index in [1.807, 2.05) is 13.8 Å². The molecule has 2 heterocycles. The summed E-state index contributed by atoms with van der Waals surface area (Å²) in [5.74, 6) is 3.56. The second kappa shape index (κ2) is 4.09. The average Bonchev–Trinajstić information content (AvgIpc) is 3.07. The lowest BCUT2D eigenvalue weighted by Crippen LogP contribution is -2.11. The lowest BCUT2D eigenvalue weighted by molar-refractivity contribution is 0.470. The highest BCUT2D eigenvalue weighted by Gasteiger charge is 2.29. The molecule has 4 nitrogen and oxygen atoms in total. The first-order valence-electron chi connectivity index (χ1n) is 7.79. The normalized spacial score (nSPS) is 15.0. The Morgan fingerprint density at radius 2 is 1.18 bits per heavy atom. The van der Waals surface area contributed by atoms with E-state index in [-0.39, 0.29) is 0 Å². The van der Waals surface area contributed by atoms with Crippen LogP contribution >= 0.6 is 0 Å². The summed E-state index contributed by atoms with van der Waals surface area (Å²) in [4.78, 5) is 9.18. The summed E-state index contributed by atoms with van der Waals surface area (Å²) in [7, 11) is 0. The predicted octanol–water partition coefficient (Wildman–Crippen LogP) is 3.81. The number of fused-ring (bicyclic) bond motifs is 7. The van der Waals surface area contributed by atoms with E-state index in [0.717, 1.165) is 60.4 Å². The molecule has 0 bridgehead atoms. The van der Waals surface area contributed by atoms with Gasteiger partial charge >= 0.3 is 0 Å². The molecule has 0 fully saturated rings. The molecule has 1 aromatic carbocycles. The Morgan fingerprint density at radius 3 is 1.64 bits per heavy atom. The highest BCUT2D eigenvalue weighted by molar-refractivity contribution is 5.78. The van der Waals surface area contributed by atoms with E-state index in [1.54, 1.807) is 0 Å². The maximum Gasteiger partial charge on any atom is 0.191 e. The van der Waals surface area contributed by atoms with Gasteiger partial charge in [0.1, 0.15) is 22.9 Å². The van der Waals surface area contributed by atoms with Crippen molar-refractivity contribution in [3.63, 3.8) is 0 Å². The van der Waals surface area contributed by atoms with Crippen LogP contribution in [0.3, 0.4) is 0 Å². The third kappa shape index (κ3) is 1.52. The van der Waals surface area contributed by atoms with Crippen molar-refractivity contribution in [1.29, 1.82) is 0 Å². The molecule has 0 saturated heterocycles. The van der Waals surface area contributed by atoms with Crippen molar-refractivity contribution < 1.29 is 8.83 Å². The molecule has 110 valence electrons. The minimum absolute atomic E-state index is 0.755. The van der Waals surface area contributed by atoms with Crippen molar-refractivity contribution in [1.82, 2.24) is 9.97 Å². The van der Waals surface area contributed by atoms with Gasteiger partial charge in [0, 0.05) is 37.8 Å². The van der Waals surface area contributed by atoms with Gasteiger partial charge in [0.15, 0.2) is 11.8 Å². The van der Waals surface area contributed by atoms with Crippen LogP contribution in [0, 0.1) is 13.8 Å². The van der Waals surface area contributed by atoms with Crippen LogP contribution in [0.2, 0.25) is 0 Å². The van der Waals surface area contributed by atoms with Gasteiger partial charge in [-0.15, -0.1) is 0 Å². The standard InChI is InChI=1S/C18H16N2O2/c1-9-19-17-13-3-4-14-12(11(13)5-7-15(17)21-9)6-8-16-18(14)20-10(2)22-16/h3-4H,5-8H2,1-2H3. The summed E-state index contributed by atoms with van der Waals surface area (Å²) < 4.78 is 11.5. The van der Waals surface area contributed by atoms with Crippen molar-refractivity contribution in [3.8, 4) is 22.5 Å². The number of aryl methyl sites for hydroxylation is 4. The fourth-order valence-electron chi connectivity index (χ4n) is 3.88. The molecule has 2 aromatic heterocycles.